The largest absolute Gasteiger partial charge is 0.381 e. The van der Waals surface area contributed by atoms with E-state index < -0.39 is 10.0 Å². The maximum Gasteiger partial charge on any atom is 0.277 e. The lowest BCUT2D eigenvalue weighted by Crippen LogP contribution is -2.44. The molecule has 0 spiro atoms. The summed E-state index contributed by atoms with van der Waals surface area (Å²) in [6.07, 6.45) is 5.66. The number of ether oxygens (including phenoxy) is 1. The molecule has 3 aliphatic rings. The third-order valence-corrected chi connectivity index (χ3v) is 8.57. The first-order valence-electron chi connectivity index (χ1n) is 11.0. The van der Waals surface area contributed by atoms with Crippen molar-refractivity contribution >= 4 is 15.7 Å². The molecule has 3 aliphatic heterocycles. The van der Waals surface area contributed by atoms with Crippen LogP contribution < -0.4 is 5.56 Å². The Kier molecular flexibility index (Phi) is 5.49. The number of aromatic nitrogens is 3. The average molecular weight is 448 g/mol. The number of aromatic amines is 1. The molecule has 2 fully saturated rings. The van der Waals surface area contributed by atoms with Crippen molar-refractivity contribution in [3.8, 4) is 0 Å². The van der Waals surface area contributed by atoms with Crippen molar-refractivity contribution in [1.82, 2.24) is 23.8 Å². The fourth-order valence-corrected chi connectivity index (χ4v) is 6.69. The highest BCUT2D eigenvalue weighted by molar-refractivity contribution is 7.89. The second-order valence-corrected chi connectivity index (χ2v) is 10.6. The number of hydrogen-bond acceptors (Lipinski definition) is 6. The van der Waals surface area contributed by atoms with Gasteiger partial charge in [0.25, 0.3) is 5.56 Å². The van der Waals surface area contributed by atoms with Crippen LogP contribution in [0.4, 0.5) is 0 Å². The van der Waals surface area contributed by atoms with Crippen LogP contribution in [0.15, 0.2) is 23.5 Å². The zero-order chi connectivity index (χ0) is 21.6. The summed E-state index contributed by atoms with van der Waals surface area (Å²) in [4.78, 5) is 20.5. The molecule has 2 saturated heterocycles. The Morgan fingerprint density at radius 1 is 1.26 bits per heavy atom. The van der Waals surface area contributed by atoms with E-state index in [1.165, 1.54) is 14.9 Å². The van der Waals surface area contributed by atoms with Gasteiger partial charge in [-0.25, -0.2) is 17.9 Å². The Bertz CT molecular complexity index is 1150. The molecule has 1 atom stereocenters. The SMILES string of the molecule is C=CCS(=O)(=O)N1CCC[C@@H]1c1cc2nc3c(c(=O)n2[nH]1)CN(C1CCOCC1)CC3. The smallest absolute Gasteiger partial charge is 0.277 e. The van der Waals surface area contributed by atoms with Crippen LogP contribution in [0.1, 0.15) is 48.7 Å². The zero-order valence-electron chi connectivity index (χ0n) is 17.6. The zero-order valence-corrected chi connectivity index (χ0v) is 18.4. The molecular formula is C21H29N5O4S. The quantitative estimate of drug-likeness (QED) is 0.692. The molecule has 2 aromatic rings. The summed E-state index contributed by atoms with van der Waals surface area (Å²) < 4.78 is 33.8. The first-order chi connectivity index (χ1) is 15.0. The van der Waals surface area contributed by atoms with Crippen LogP contribution in [0.5, 0.6) is 0 Å². The van der Waals surface area contributed by atoms with E-state index in [0.29, 0.717) is 24.8 Å². The number of hydrogen-bond donors (Lipinski definition) is 1. The summed E-state index contributed by atoms with van der Waals surface area (Å²) in [5.41, 5.74) is 2.80. The van der Waals surface area contributed by atoms with E-state index in [0.717, 1.165) is 68.8 Å². The molecule has 10 heteroatoms. The molecule has 31 heavy (non-hydrogen) atoms. The Morgan fingerprint density at radius 2 is 2.06 bits per heavy atom. The molecule has 0 saturated carbocycles. The van der Waals surface area contributed by atoms with Gasteiger partial charge in [-0.15, -0.1) is 6.58 Å². The van der Waals surface area contributed by atoms with Gasteiger partial charge in [0.2, 0.25) is 10.0 Å². The minimum atomic E-state index is -3.42. The monoisotopic (exact) mass is 447 g/mol. The predicted molar refractivity (Wildman–Crippen MR) is 116 cm³/mol. The van der Waals surface area contributed by atoms with E-state index in [4.69, 9.17) is 9.72 Å². The van der Waals surface area contributed by atoms with Gasteiger partial charge in [0, 0.05) is 51.4 Å². The van der Waals surface area contributed by atoms with Gasteiger partial charge in [0.15, 0.2) is 5.65 Å². The topological polar surface area (TPSA) is 100 Å². The Hall–Kier alpha value is -2.01. The van der Waals surface area contributed by atoms with E-state index in [1.54, 1.807) is 0 Å². The lowest BCUT2D eigenvalue weighted by atomic mass is 10.0. The molecular weight excluding hydrogens is 418 g/mol. The number of sulfonamides is 1. The molecule has 2 aromatic heterocycles. The molecule has 0 amide bonds. The summed E-state index contributed by atoms with van der Waals surface area (Å²) in [5.74, 6) is -0.0851. The first-order valence-corrected chi connectivity index (χ1v) is 12.6. The van der Waals surface area contributed by atoms with Crippen LogP contribution in [0, 0.1) is 0 Å². The van der Waals surface area contributed by atoms with E-state index in [1.807, 2.05) is 6.07 Å². The van der Waals surface area contributed by atoms with Crippen molar-refractivity contribution < 1.29 is 13.2 Å². The van der Waals surface area contributed by atoms with Gasteiger partial charge in [-0.3, -0.25) is 14.8 Å². The fourth-order valence-electron chi connectivity index (χ4n) is 5.18. The van der Waals surface area contributed by atoms with Crippen molar-refractivity contribution in [1.29, 1.82) is 0 Å². The molecule has 0 unspecified atom stereocenters. The van der Waals surface area contributed by atoms with Crippen molar-refractivity contribution in [2.75, 3.05) is 32.1 Å². The molecule has 0 aromatic carbocycles. The maximum absolute atomic E-state index is 13.3. The summed E-state index contributed by atoms with van der Waals surface area (Å²) in [6.45, 7) is 7.10. The molecule has 0 bridgehead atoms. The Balaban J connectivity index is 1.47. The van der Waals surface area contributed by atoms with E-state index >= 15 is 0 Å². The van der Waals surface area contributed by atoms with Gasteiger partial charge in [-0.05, 0) is 25.7 Å². The highest BCUT2D eigenvalue weighted by Gasteiger charge is 2.36. The Labute approximate surface area is 181 Å². The van der Waals surface area contributed by atoms with Crippen molar-refractivity contribution in [3.63, 3.8) is 0 Å². The van der Waals surface area contributed by atoms with Crippen molar-refractivity contribution in [2.45, 2.75) is 50.7 Å². The lowest BCUT2D eigenvalue weighted by molar-refractivity contribution is 0.0286. The van der Waals surface area contributed by atoms with Crippen molar-refractivity contribution in [3.05, 3.63) is 46.0 Å². The van der Waals surface area contributed by atoms with Crippen LogP contribution in [0.3, 0.4) is 0 Å². The number of nitrogens with one attached hydrogen (secondary N) is 1. The number of rotatable bonds is 5. The van der Waals surface area contributed by atoms with Crippen LogP contribution in [0.2, 0.25) is 0 Å². The summed E-state index contributed by atoms with van der Waals surface area (Å²) in [5, 5.41) is 3.17. The van der Waals surface area contributed by atoms with E-state index in [9.17, 15) is 13.2 Å². The van der Waals surface area contributed by atoms with Crippen molar-refractivity contribution in [2.24, 2.45) is 0 Å². The van der Waals surface area contributed by atoms with Gasteiger partial charge in [0.1, 0.15) is 0 Å². The van der Waals surface area contributed by atoms with Crippen LogP contribution in [0.25, 0.3) is 5.65 Å². The Morgan fingerprint density at radius 3 is 2.84 bits per heavy atom. The summed E-state index contributed by atoms with van der Waals surface area (Å²) in [6, 6.07) is 1.98. The number of H-pyrrole nitrogens is 1. The van der Waals surface area contributed by atoms with Crippen LogP contribution in [-0.2, 0) is 27.7 Å². The number of nitrogens with zero attached hydrogens (tertiary/aromatic N) is 4. The molecule has 0 radical (unpaired) electrons. The van der Waals surface area contributed by atoms with Gasteiger partial charge >= 0.3 is 0 Å². The standard InChI is InChI=1S/C21H29N5O4S/c1-2-12-31(28,29)25-8-3-4-19(25)18-13-20-22-17-5-9-24(15-6-10-30-11-7-15)14-16(17)21(27)26(20)23-18/h2,13,15,19,23H,1,3-12,14H2/t19-/m1/s1. The predicted octanol–water partition coefficient (Wildman–Crippen LogP) is 1.21. The maximum atomic E-state index is 13.3. The lowest BCUT2D eigenvalue weighted by Gasteiger charge is -2.36. The molecule has 5 heterocycles. The number of fused-ring (bicyclic) bond motifs is 2. The molecule has 168 valence electrons. The molecule has 0 aliphatic carbocycles. The third-order valence-electron chi connectivity index (χ3n) is 6.77. The third kappa shape index (κ3) is 3.75. The average Bonchev–Trinajstić information content (AvgIpc) is 3.42. The normalized spacial score (nSPS) is 23.9. The highest BCUT2D eigenvalue weighted by Crippen LogP contribution is 2.34. The first kappa shape index (κ1) is 20.9. The molecule has 5 rings (SSSR count). The van der Waals surface area contributed by atoms with Gasteiger partial charge in [-0.1, -0.05) is 6.08 Å². The highest BCUT2D eigenvalue weighted by atomic mass is 32.2. The summed E-state index contributed by atoms with van der Waals surface area (Å²) >= 11 is 0. The van der Waals surface area contributed by atoms with Crippen LogP contribution >= 0.6 is 0 Å². The molecule has 1 N–H and O–H groups in total. The van der Waals surface area contributed by atoms with Crippen LogP contribution in [-0.4, -0.2) is 70.3 Å². The second kappa shape index (κ2) is 8.16. The summed E-state index contributed by atoms with van der Waals surface area (Å²) in [7, 11) is -3.42. The van der Waals surface area contributed by atoms with Gasteiger partial charge in [-0.2, -0.15) is 4.31 Å². The minimum absolute atomic E-state index is 0.0819. The van der Waals surface area contributed by atoms with Gasteiger partial charge in [0.05, 0.1) is 28.7 Å². The van der Waals surface area contributed by atoms with E-state index in [-0.39, 0.29) is 17.4 Å². The fraction of sp³-hybridized carbons (Fsp3) is 0.619. The minimum Gasteiger partial charge on any atom is -0.381 e. The van der Waals surface area contributed by atoms with Gasteiger partial charge < -0.3 is 4.74 Å². The second-order valence-electron chi connectivity index (χ2n) is 8.65. The molecule has 9 nitrogen and oxygen atoms in total. The van der Waals surface area contributed by atoms with E-state index in [2.05, 4.69) is 16.6 Å².